The third-order valence-electron chi connectivity index (χ3n) is 3.86. The summed E-state index contributed by atoms with van der Waals surface area (Å²) in [6.45, 7) is 6.03. The van der Waals surface area contributed by atoms with Gasteiger partial charge >= 0.3 is 0 Å². The molecule has 0 bridgehead atoms. The second kappa shape index (κ2) is 6.10. The summed E-state index contributed by atoms with van der Waals surface area (Å²) in [5, 5.41) is 6.25. The largest absolute Gasteiger partial charge is 0.326 e. The maximum Gasteiger partial charge on any atom is 0.227 e. The summed E-state index contributed by atoms with van der Waals surface area (Å²) in [5.41, 5.74) is 0.791. The van der Waals surface area contributed by atoms with Crippen molar-refractivity contribution in [2.45, 2.75) is 26.7 Å². The lowest BCUT2D eigenvalue weighted by Gasteiger charge is -2.53. The van der Waals surface area contributed by atoms with Crippen LogP contribution in [0.4, 0.5) is 10.1 Å². The number of rotatable bonds is 2. The number of benzene rings is 1. The summed E-state index contributed by atoms with van der Waals surface area (Å²) in [7, 11) is 0. The molecule has 1 aromatic carbocycles. The third kappa shape index (κ3) is 3.13. The zero-order valence-corrected chi connectivity index (χ0v) is 12.6. The Labute approximate surface area is 123 Å². The van der Waals surface area contributed by atoms with Crippen molar-refractivity contribution >= 4 is 23.2 Å². The monoisotopic (exact) mass is 298 g/mol. The van der Waals surface area contributed by atoms with Crippen molar-refractivity contribution in [3.63, 3.8) is 0 Å². The Morgan fingerprint density at radius 1 is 1.35 bits per heavy atom. The van der Waals surface area contributed by atoms with Gasteiger partial charge in [0.2, 0.25) is 5.91 Å². The van der Waals surface area contributed by atoms with E-state index in [1.165, 1.54) is 12.1 Å². The van der Waals surface area contributed by atoms with Crippen LogP contribution in [0.25, 0.3) is 0 Å². The molecule has 1 aromatic rings. The molecule has 1 saturated carbocycles. The number of hydrogen-bond donors (Lipinski definition) is 2. The molecule has 2 aliphatic rings. The minimum Gasteiger partial charge on any atom is -0.326 e. The Morgan fingerprint density at radius 2 is 2.00 bits per heavy atom. The molecule has 0 aromatic heterocycles. The van der Waals surface area contributed by atoms with E-state index in [-0.39, 0.29) is 11.8 Å². The molecule has 1 aliphatic carbocycles. The highest BCUT2D eigenvalue weighted by atomic mass is 35.5. The van der Waals surface area contributed by atoms with E-state index < -0.39 is 5.82 Å². The summed E-state index contributed by atoms with van der Waals surface area (Å²) in [6.07, 6.45) is 1.85. The predicted molar refractivity (Wildman–Crippen MR) is 79.4 cm³/mol. The van der Waals surface area contributed by atoms with Gasteiger partial charge in [-0.1, -0.05) is 25.4 Å². The normalized spacial score (nSPS) is 19.4. The molecule has 0 atom stereocenters. The van der Waals surface area contributed by atoms with Crippen LogP contribution in [0.5, 0.6) is 0 Å². The van der Waals surface area contributed by atoms with Gasteiger partial charge in [0.25, 0.3) is 0 Å². The molecule has 2 N–H and O–H groups in total. The van der Waals surface area contributed by atoms with E-state index in [0.29, 0.717) is 16.1 Å². The van der Waals surface area contributed by atoms with E-state index >= 15 is 0 Å². The number of carbonyl (C=O) groups excluding carboxylic acids is 1. The van der Waals surface area contributed by atoms with Crippen LogP contribution < -0.4 is 10.6 Å². The van der Waals surface area contributed by atoms with Gasteiger partial charge in [0.15, 0.2) is 0 Å². The summed E-state index contributed by atoms with van der Waals surface area (Å²) < 4.78 is 13.1. The van der Waals surface area contributed by atoms with E-state index in [1.54, 1.807) is 6.07 Å². The predicted octanol–water partition coefficient (Wildman–Crippen LogP) is 3.44. The molecule has 1 amide bonds. The maximum absolute atomic E-state index is 13.1. The van der Waals surface area contributed by atoms with Crippen molar-refractivity contribution in [2.24, 2.45) is 11.3 Å². The van der Waals surface area contributed by atoms with Gasteiger partial charge in [-0.15, -0.1) is 0 Å². The topological polar surface area (TPSA) is 41.1 Å². The van der Waals surface area contributed by atoms with Gasteiger partial charge in [0, 0.05) is 29.7 Å². The standard InChI is InChI=1S/C13H14ClFN2O.C2H6/c14-9-1-10(15)3-11(2-9)17-12(18)8-4-13(5-8)6-16-7-13;1-2/h1-3,8,16H,4-7H2,(H,17,18);1-2H3. The quantitative estimate of drug-likeness (QED) is 0.878. The van der Waals surface area contributed by atoms with Crippen LogP contribution >= 0.6 is 11.6 Å². The van der Waals surface area contributed by atoms with Crippen molar-refractivity contribution in [2.75, 3.05) is 18.4 Å². The molecule has 1 aliphatic heterocycles. The van der Waals surface area contributed by atoms with Crippen molar-refractivity contribution in [1.29, 1.82) is 0 Å². The number of hydrogen-bond acceptors (Lipinski definition) is 2. The van der Waals surface area contributed by atoms with E-state index in [4.69, 9.17) is 11.6 Å². The molecule has 0 radical (unpaired) electrons. The Bertz CT molecular complexity index is 474. The number of nitrogens with one attached hydrogen (secondary N) is 2. The highest BCUT2D eigenvalue weighted by Crippen LogP contribution is 2.48. The fourth-order valence-electron chi connectivity index (χ4n) is 2.81. The molecule has 0 unspecified atom stereocenters. The SMILES string of the molecule is CC.O=C(Nc1cc(F)cc(Cl)c1)C1CC2(CNC2)C1. The molecule has 2 fully saturated rings. The average Bonchev–Trinajstić information content (AvgIpc) is 2.26. The van der Waals surface area contributed by atoms with Gasteiger partial charge in [0.05, 0.1) is 0 Å². The number of anilines is 1. The molecule has 3 rings (SSSR count). The number of halogens is 2. The van der Waals surface area contributed by atoms with Gasteiger partial charge < -0.3 is 10.6 Å². The Hall–Kier alpha value is -1.13. The van der Waals surface area contributed by atoms with Crippen LogP contribution in [-0.2, 0) is 4.79 Å². The van der Waals surface area contributed by atoms with E-state index in [9.17, 15) is 9.18 Å². The molecular weight excluding hydrogens is 279 g/mol. The summed E-state index contributed by atoms with van der Waals surface area (Å²) in [5.74, 6) is -0.422. The lowest BCUT2D eigenvalue weighted by Crippen LogP contribution is -2.61. The van der Waals surface area contributed by atoms with Crippen molar-refractivity contribution < 1.29 is 9.18 Å². The van der Waals surface area contributed by atoms with Crippen LogP contribution in [0, 0.1) is 17.2 Å². The first-order chi connectivity index (χ1) is 9.56. The average molecular weight is 299 g/mol. The van der Waals surface area contributed by atoms with Gasteiger partial charge in [0.1, 0.15) is 5.82 Å². The second-order valence-electron chi connectivity index (χ2n) is 5.36. The van der Waals surface area contributed by atoms with Gasteiger partial charge in [-0.25, -0.2) is 4.39 Å². The van der Waals surface area contributed by atoms with Gasteiger partial charge in [-0.05, 0) is 36.5 Å². The first-order valence-electron chi connectivity index (χ1n) is 7.04. The van der Waals surface area contributed by atoms with Crippen LogP contribution in [-0.4, -0.2) is 19.0 Å². The zero-order valence-electron chi connectivity index (χ0n) is 11.8. The first kappa shape index (κ1) is 15.3. The minimum absolute atomic E-state index is 0.0332. The van der Waals surface area contributed by atoms with E-state index in [2.05, 4.69) is 10.6 Å². The van der Waals surface area contributed by atoms with E-state index in [1.807, 2.05) is 13.8 Å². The fraction of sp³-hybridized carbons (Fsp3) is 0.533. The van der Waals surface area contributed by atoms with Crippen molar-refractivity contribution in [1.82, 2.24) is 5.32 Å². The fourth-order valence-corrected chi connectivity index (χ4v) is 3.03. The van der Waals surface area contributed by atoms with Crippen LogP contribution in [0.2, 0.25) is 5.02 Å². The second-order valence-corrected chi connectivity index (χ2v) is 5.79. The number of amides is 1. The molecule has 20 heavy (non-hydrogen) atoms. The summed E-state index contributed by atoms with van der Waals surface area (Å²) >= 11 is 5.74. The molecular formula is C15H20ClFN2O. The summed E-state index contributed by atoms with van der Waals surface area (Å²) in [6, 6.07) is 4.06. The third-order valence-corrected chi connectivity index (χ3v) is 4.08. The first-order valence-corrected chi connectivity index (χ1v) is 7.42. The maximum atomic E-state index is 13.1. The minimum atomic E-state index is -0.439. The molecule has 3 nitrogen and oxygen atoms in total. The Morgan fingerprint density at radius 3 is 2.50 bits per heavy atom. The van der Waals surface area contributed by atoms with Gasteiger partial charge in [-0.3, -0.25) is 4.79 Å². The van der Waals surface area contributed by atoms with E-state index in [0.717, 1.165) is 25.9 Å². The van der Waals surface area contributed by atoms with Crippen LogP contribution in [0.1, 0.15) is 26.7 Å². The molecule has 1 saturated heterocycles. The number of carbonyl (C=O) groups is 1. The lowest BCUT2D eigenvalue weighted by atomic mass is 9.58. The molecule has 110 valence electrons. The van der Waals surface area contributed by atoms with Gasteiger partial charge in [-0.2, -0.15) is 0 Å². The smallest absolute Gasteiger partial charge is 0.227 e. The molecule has 1 spiro atoms. The Balaban J connectivity index is 0.000000704. The van der Waals surface area contributed by atoms with Crippen molar-refractivity contribution in [3.8, 4) is 0 Å². The lowest BCUT2D eigenvalue weighted by molar-refractivity contribution is -0.129. The molecule has 5 heteroatoms. The highest BCUT2D eigenvalue weighted by Gasteiger charge is 2.50. The Kier molecular flexibility index (Phi) is 4.66. The highest BCUT2D eigenvalue weighted by molar-refractivity contribution is 6.30. The zero-order chi connectivity index (χ0) is 14.8. The van der Waals surface area contributed by atoms with Crippen molar-refractivity contribution in [3.05, 3.63) is 29.0 Å². The van der Waals surface area contributed by atoms with Crippen LogP contribution in [0.3, 0.4) is 0 Å². The van der Waals surface area contributed by atoms with Crippen LogP contribution in [0.15, 0.2) is 18.2 Å². The molecule has 1 heterocycles. The summed E-state index contributed by atoms with van der Waals surface area (Å²) in [4.78, 5) is 11.9.